The van der Waals surface area contributed by atoms with E-state index in [9.17, 15) is 4.79 Å². The summed E-state index contributed by atoms with van der Waals surface area (Å²) in [5.74, 6) is 0.988. The Bertz CT molecular complexity index is 691. The minimum Gasteiger partial charge on any atom is -0.488 e. The molecule has 1 aliphatic heterocycles. The van der Waals surface area contributed by atoms with Crippen LogP contribution in [0.4, 0.5) is 0 Å². The minimum atomic E-state index is 0.0271. The summed E-state index contributed by atoms with van der Waals surface area (Å²) in [4.78, 5) is 12.8. The molecule has 114 valence electrons. The third kappa shape index (κ3) is 2.77. The molecule has 1 aliphatic rings. The van der Waals surface area contributed by atoms with Crippen molar-refractivity contribution in [2.75, 3.05) is 6.61 Å². The average Bonchev–Trinajstić information content (AvgIpc) is 2.70. The molecule has 0 spiro atoms. The first-order valence-electron chi connectivity index (χ1n) is 7.71. The van der Waals surface area contributed by atoms with E-state index >= 15 is 0 Å². The van der Waals surface area contributed by atoms with Crippen molar-refractivity contribution >= 4 is 5.78 Å². The lowest BCUT2D eigenvalue weighted by molar-refractivity contribution is 0.103. The molecule has 22 heavy (non-hydrogen) atoms. The van der Waals surface area contributed by atoms with E-state index in [4.69, 9.17) is 9.84 Å². The molecule has 1 heterocycles. The largest absolute Gasteiger partial charge is 0.488 e. The topological polar surface area (TPSA) is 46.5 Å². The standard InChI is InChI=1S/C19H20O3/c1-13(5-4-10-20)14-8-9-18-17(11-14)19(21)16-7-3-2-6-15(16)12-22-18/h2-3,6-9,11,13,20H,4-5,10,12H2,1H3. The van der Waals surface area contributed by atoms with Crippen LogP contribution in [0, 0.1) is 0 Å². The molecule has 2 aromatic rings. The van der Waals surface area contributed by atoms with Crippen LogP contribution in [-0.4, -0.2) is 17.5 Å². The van der Waals surface area contributed by atoms with Gasteiger partial charge < -0.3 is 9.84 Å². The zero-order valence-corrected chi connectivity index (χ0v) is 12.7. The van der Waals surface area contributed by atoms with Crippen molar-refractivity contribution in [2.45, 2.75) is 32.3 Å². The van der Waals surface area contributed by atoms with Crippen molar-refractivity contribution in [1.29, 1.82) is 0 Å². The van der Waals surface area contributed by atoms with E-state index < -0.39 is 0 Å². The van der Waals surface area contributed by atoms with Gasteiger partial charge in [0, 0.05) is 17.7 Å². The van der Waals surface area contributed by atoms with E-state index in [2.05, 4.69) is 6.92 Å². The van der Waals surface area contributed by atoms with E-state index in [1.165, 1.54) is 0 Å². The van der Waals surface area contributed by atoms with Crippen molar-refractivity contribution in [2.24, 2.45) is 0 Å². The summed E-state index contributed by atoms with van der Waals surface area (Å²) in [5.41, 5.74) is 3.40. The zero-order chi connectivity index (χ0) is 15.5. The maximum Gasteiger partial charge on any atom is 0.197 e. The first kappa shape index (κ1) is 14.8. The van der Waals surface area contributed by atoms with Gasteiger partial charge in [-0.25, -0.2) is 0 Å². The normalized spacial score (nSPS) is 14.5. The van der Waals surface area contributed by atoms with Crippen molar-refractivity contribution in [3.05, 3.63) is 64.7 Å². The Balaban J connectivity index is 1.97. The number of hydrogen-bond acceptors (Lipinski definition) is 3. The fourth-order valence-electron chi connectivity index (χ4n) is 2.89. The van der Waals surface area contributed by atoms with Crippen LogP contribution in [0.3, 0.4) is 0 Å². The summed E-state index contributed by atoms with van der Waals surface area (Å²) in [6, 6.07) is 13.5. The second kappa shape index (κ2) is 6.32. The Morgan fingerprint density at radius 3 is 2.82 bits per heavy atom. The van der Waals surface area contributed by atoms with Crippen LogP contribution >= 0.6 is 0 Å². The third-order valence-corrected chi connectivity index (χ3v) is 4.26. The quantitative estimate of drug-likeness (QED) is 0.936. The fourth-order valence-corrected chi connectivity index (χ4v) is 2.89. The molecule has 1 unspecified atom stereocenters. The van der Waals surface area contributed by atoms with Gasteiger partial charge in [-0.1, -0.05) is 37.3 Å². The van der Waals surface area contributed by atoms with Gasteiger partial charge in [-0.3, -0.25) is 4.79 Å². The number of aliphatic hydroxyl groups is 1. The minimum absolute atomic E-state index is 0.0271. The van der Waals surface area contributed by atoms with Crippen LogP contribution in [0.1, 0.15) is 52.7 Å². The average molecular weight is 296 g/mol. The molecule has 2 aromatic carbocycles. The van der Waals surface area contributed by atoms with Crippen LogP contribution in [-0.2, 0) is 6.61 Å². The molecule has 0 fully saturated rings. The van der Waals surface area contributed by atoms with Crippen LogP contribution < -0.4 is 4.74 Å². The van der Waals surface area contributed by atoms with Crippen LogP contribution in [0.25, 0.3) is 0 Å². The van der Waals surface area contributed by atoms with E-state index in [1.807, 2.05) is 42.5 Å². The zero-order valence-electron chi connectivity index (χ0n) is 12.7. The van der Waals surface area contributed by atoms with Crippen molar-refractivity contribution in [1.82, 2.24) is 0 Å². The third-order valence-electron chi connectivity index (χ3n) is 4.26. The van der Waals surface area contributed by atoms with Gasteiger partial charge >= 0.3 is 0 Å². The summed E-state index contributed by atoms with van der Waals surface area (Å²) in [6.45, 7) is 2.74. The predicted molar refractivity (Wildman–Crippen MR) is 85.4 cm³/mol. The van der Waals surface area contributed by atoms with E-state index in [-0.39, 0.29) is 12.4 Å². The lowest BCUT2D eigenvalue weighted by atomic mass is 9.92. The molecule has 0 aromatic heterocycles. The highest BCUT2D eigenvalue weighted by Crippen LogP contribution is 2.32. The molecule has 0 amide bonds. The summed E-state index contributed by atoms with van der Waals surface area (Å²) in [6.07, 6.45) is 1.67. The van der Waals surface area contributed by atoms with Gasteiger partial charge in [0.15, 0.2) is 5.78 Å². The lowest BCUT2D eigenvalue weighted by Gasteiger charge is -2.14. The van der Waals surface area contributed by atoms with Gasteiger partial charge in [0.1, 0.15) is 12.4 Å². The molecule has 0 aliphatic carbocycles. The van der Waals surface area contributed by atoms with Crippen LogP contribution in [0.5, 0.6) is 5.75 Å². The molecule has 1 N–H and O–H groups in total. The molecule has 0 bridgehead atoms. The van der Waals surface area contributed by atoms with Crippen LogP contribution in [0.15, 0.2) is 42.5 Å². The maximum atomic E-state index is 12.8. The number of ether oxygens (including phenoxy) is 1. The van der Waals surface area contributed by atoms with Crippen molar-refractivity contribution in [3.8, 4) is 5.75 Å². The Hall–Kier alpha value is -2.13. The molecule has 1 atom stereocenters. The number of hydrogen-bond donors (Lipinski definition) is 1. The van der Waals surface area contributed by atoms with Gasteiger partial charge in [0.25, 0.3) is 0 Å². The monoisotopic (exact) mass is 296 g/mol. The molecular weight excluding hydrogens is 276 g/mol. The Kier molecular flexibility index (Phi) is 4.25. The molecule has 3 rings (SSSR count). The summed E-state index contributed by atoms with van der Waals surface area (Å²) in [5, 5.41) is 8.97. The molecule has 0 radical (unpaired) electrons. The predicted octanol–water partition coefficient (Wildman–Crippen LogP) is 3.69. The molecule has 0 saturated carbocycles. The molecule has 3 nitrogen and oxygen atoms in total. The lowest BCUT2D eigenvalue weighted by Crippen LogP contribution is -2.04. The van der Waals surface area contributed by atoms with Gasteiger partial charge in [-0.05, 0) is 36.5 Å². The first-order chi connectivity index (χ1) is 10.7. The molecule has 0 saturated heterocycles. The second-order valence-electron chi connectivity index (χ2n) is 5.80. The SMILES string of the molecule is CC(CCCO)c1ccc2c(c1)C(=O)c1ccccc1CO2. The van der Waals surface area contributed by atoms with E-state index in [0.29, 0.717) is 23.8 Å². The Morgan fingerprint density at radius 2 is 2.00 bits per heavy atom. The molecule has 3 heteroatoms. The summed E-state index contributed by atoms with van der Waals surface area (Å²) >= 11 is 0. The number of benzene rings is 2. The maximum absolute atomic E-state index is 12.8. The first-order valence-corrected chi connectivity index (χ1v) is 7.71. The van der Waals surface area contributed by atoms with E-state index in [0.717, 1.165) is 29.5 Å². The van der Waals surface area contributed by atoms with Crippen molar-refractivity contribution in [3.63, 3.8) is 0 Å². The summed E-state index contributed by atoms with van der Waals surface area (Å²) < 4.78 is 5.80. The Labute approximate surface area is 130 Å². The number of carbonyl (C=O) groups is 1. The highest BCUT2D eigenvalue weighted by molar-refractivity contribution is 6.12. The van der Waals surface area contributed by atoms with Gasteiger partial charge in [0.05, 0.1) is 5.56 Å². The Morgan fingerprint density at radius 1 is 1.18 bits per heavy atom. The van der Waals surface area contributed by atoms with E-state index in [1.54, 1.807) is 0 Å². The smallest absolute Gasteiger partial charge is 0.197 e. The van der Waals surface area contributed by atoms with Gasteiger partial charge in [-0.2, -0.15) is 0 Å². The van der Waals surface area contributed by atoms with Crippen molar-refractivity contribution < 1.29 is 14.6 Å². The van der Waals surface area contributed by atoms with Crippen LogP contribution in [0.2, 0.25) is 0 Å². The number of aliphatic hydroxyl groups excluding tert-OH is 1. The number of ketones is 1. The highest BCUT2D eigenvalue weighted by Gasteiger charge is 2.22. The van der Waals surface area contributed by atoms with Gasteiger partial charge in [-0.15, -0.1) is 0 Å². The summed E-state index contributed by atoms with van der Waals surface area (Å²) in [7, 11) is 0. The fraction of sp³-hybridized carbons (Fsp3) is 0.316. The molecular formula is C19H20O3. The second-order valence-corrected chi connectivity index (χ2v) is 5.80. The number of rotatable bonds is 4. The van der Waals surface area contributed by atoms with Gasteiger partial charge in [0.2, 0.25) is 0 Å². The number of carbonyl (C=O) groups excluding carboxylic acids is 1. The number of fused-ring (bicyclic) bond motifs is 2. The highest BCUT2D eigenvalue weighted by atomic mass is 16.5.